The van der Waals surface area contributed by atoms with E-state index in [0.29, 0.717) is 0 Å². The van der Waals surface area contributed by atoms with Gasteiger partial charge in [0.15, 0.2) is 0 Å². The van der Waals surface area contributed by atoms with Crippen molar-refractivity contribution < 1.29 is 14.6 Å². The van der Waals surface area contributed by atoms with E-state index in [1.165, 1.54) is 0 Å². The number of nitrogens with zero attached hydrogens (tertiary/aromatic N) is 3. The normalized spacial score (nSPS) is 10.9. The molecular weight excluding hydrogens is 402 g/mol. The number of rotatable bonds is 5. The highest BCUT2D eigenvalue weighted by atomic mass is 16.5. The fourth-order valence-corrected chi connectivity index (χ4v) is 3.77. The zero-order valence-electron chi connectivity index (χ0n) is 17.3. The second-order valence-electron chi connectivity index (χ2n) is 7.32. The first-order valence-corrected chi connectivity index (χ1v) is 10.0. The molecule has 32 heavy (non-hydrogen) atoms. The minimum atomic E-state index is -0.943. The Hall–Kier alpha value is -4.45. The molecule has 0 fully saturated rings. The van der Waals surface area contributed by atoms with Crippen LogP contribution in [0.5, 0.6) is 5.75 Å². The molecule has 0 aliphatic carbocycles. The van der Waals surface area contributed by atoms with E-state index < -0.39 is 5.97 Å². The van der Waals surface area contributed by atoms with Gasteiger partial charge in [-0.25, -0.2) is 9.78 Å². The summed E-state index contributed by atoms with van der Waals surface area (Å²) in [4.78, 5) is 20.1. The monoisotopic (exact) mass is 421 g/mol. The van der Waals surface area contributed by atoms with Crippen molar-refractivity contribution >= 4 is 17.0 Å². The van der Waals surface area contributed by atoms with Crippen LogP contribution in [-0.4, -0.2) is 32.7 Å². The lowest BCUT2D eigenvalue weighted by Gasteiger charge is -2.07. The molecule has 0 radical (unpaired) electrons. The molecule has 0 unspecified atom stereocenters. The first-order chi connectivity index (χ1) is 15.6. The van der Waals surface area contributed by atoms with Gasteiger partial charge in [-0.05, 0) is 65.7 Å². The summed E-state index contributed by atoms with van der Waals surface area (Å²) in [5.74, 6) is -0.152. The summed E-state index contributed by atoms with van der Waals surface area (Å²) in [5, 5.41) is 10.2. The average Bonchev–Trinajstić information content (AvgIpc) is 3.23. The number of methoxy groups -OCH3 is 1. The molecule has 0 saturated carbocycles. The molecular formula is C26H19N3O3. The Morgan fingerprint density at radius 3 is 2.28 bits per heavy atom. The highest BCUT2D eigenvalue weighted by Gasteiger charge is 2.15. The molecule has 5 aromatic rings. The molecule has 1 N–H and O–H groups in total. The van der Waals surface area contributed by atoms with E-state index in [0.717, 1.165) is 44.7 Å². The summed E-state index contributed by atoms with van der Waals surface area (Å²) in [6.45, 7) is 0. The zero-order chi connectivity index (χ0) is 22.1. The number of benzene rings is 2. The topological polar surface area (TPSA) is 77.2 Å². The Bertz CT molecular complexity index is 1410. The lowest BCUT2D eigenvalue weighted by Crippen LogP contribution is -1.95. The largest absolute Gasteiger partial charge is 0.497 e. The Morgan fingerprint density at radius 1 is 0.906 bits per heavy atom. The van der Waals surface area contributed by atoms with Gasteiger partial charge in [-0.2, -0.15) is 0 Å². The van der Waals surface area contributed by atoms with Gasteiger partial charge < -0.3 is 14.4 Å². The van der Waals surface area contributed by atoms with Crippen LogP contribution in [0.3, 0.4) is 0 Å². The average molecular weight is 421 g/mol. The molecule has 0 amide bonds. The van der Waals surface area contributed by atoms with Crippen LogP contribution in [0.1, 0.15) is 10.4 Å². The first-order valence-electron chi connectivity index (χ1n) is 10.0. The van der Waals surface area contributed by atoms with Crippen LogP contribution in [0.2, 0.25) is 0 Å². The second-order valence-corrected chi connectivity index (χ2v) is 7.32. The molecule has 3 aromatic heterocycles. The fourth-order valence-electron chi connectivity index (χ4n) is 3.77. The molecule has 0 aliphatic heterocycles. The first kappa shape index (κ1) is 19.5. The molecule has 0 atom stereocenters. The zero-order valence-corrected chi connectivity index (χ0v) is 17.3. The van der Waals surface area contributed by atoms with Crippen molar-refractivity contribution in [1.82, 2.24) is 14.5 Å². The Balaban J connectivity index is 1.68. The van der Waals surface area contributed by atoms with E-state index in [-0.39, 0.29) is 5.56 Å². The SMILES string of the molecule is COc1ccc(-n2cc(-c3ccncc3)c3cc(-c4ccc(C(=O)O)cc4)cnc32)cc1. The van der Waals surface area contributed by atoms with Gasteiger partial charge in [0.2, 0.25) is 0 Å². The molecule has 2 aromatic carbocycles. The minimum Gasteiger partial charge on any atom is -0.497 e. The van der Waals surface area contributed by atoms with Gasteiger partial charge in [-0.3, -0.25) is 4.98 Å². The molecule has 0 saturated heterocycles. The van der Waals surface area contributed by atoms with Crippen molar-refractivity contribution in [2.75, 3.05) is 7.11 Å². The van der Waals surface area contributed by atoms with Crippen LogP contribution in [0.4, 0.5) is 0 Å². The maximum absolute atomic E-state index is 11.2. The molecule has 5 rings (SSSR count). The van der Waals surface area contributed by atoms with Crippen LogP contribution in [-0.2, 0) is 0 Å². The number of carbonyl (C=O) groups is 1. The van der Waals surface area contributed by atoms with Crippen LogP contribution in [0, 0.1) is 0 Å². The van der Waals surface area contributed by atoms with Crippen molar-refractivity contribution in [2.24, 2.45) is 0 Å². The van der Waals surface area contributed by atoms with Crippen LogP contribution >= 0.6 is 0 Å². The Kier molecular flexibility index (Phi) is 4.88. The quantitative estimate of drug-likeness (QED) is 0.408. The molecule has 156 valence electrons. The lowest BCUT2D eigenvalue weighted by atomic mass is 10.0. The fraction of sp³-hybridized carbons (Fsp3) is 0.0385. The predicted octanol–water partition coefficient (Wildman–Crippen LogP) is 5.46. The second kappa shape index (κ2) is 8.00. The number of pyridine rings is 2. The van der Waals surface area contributed by atoms with Gasteiger partial charge in [-0.1, -0.05) is 12.1 Å². The summed E-state index contributed by atoms with van der Waals surface area (Å²) >= 11 is 0. The Labute approximate surface area is 184 Å². The smallest absolute Gasteiger partial charge is 0.335 e. The number of carboxylic acids is 1. The number of carboxylic acid groups (broad SMARTS) is 1. The maximum atomic E-state index is 11.2. The van der Waals surface area contributed by atoms with Gasteiger partial charge in [0.1, 0.15) is 11.4 Å². The third-order valence-electron chi connectivity index (χ3n) is 5.45. The van der Waals surface area contributed by atoms with Crippen molar-refractivity contribution in [3.63, 3.8) is 0 Å². The molecule has 6 heteroatoms. The third kappa shape index (κ3) is 3.48. The molecule has 6 nitrogen and oxygen atoms in total. The van der Waals surface area contributed by atoms with E-state index in [2.05, 4.69) is 21.8 Å². The minimum absolute atomic E-state index is 0.255. The summed E-state index contributed by atoms with van der Waals surface area (Å²) in [5.41, 5.74) is 5.95. The van der Waals surface area contributed by atoms with Crippen molar-refractivity contribution in [3.8, 4) is 33.7 Å². The van der Waals surface area contributed by atoms with Crippen LogP contribution < -0.4 is 4.74 Å². The number of hydrogen-bond acceptors (Lipinski definition) is 4. The summed E-state index contributed by atoms with van der Waals surface area (Å²) in [6, 6.07) is 20.7. The molecule has 3 heterocycles. The summed E-state index contributed by atoms with van der Waals surface area (Å²) < 4.78 is 7.34. The van der Waals surface area contributed by atoms with E-state index >= 15 is 0 Å². The van der Waals surface area contributed by atoms with E-state index in [1.54, 1.807) is 43.8 Å². The summed E-state index contributed by atoms with van der Waals surface area (Å²) in [6.07, 6.45) is 7.43. The number of ether oxygens (including phenoxy) is 1. The van der Waals surface area contributed by atoms with E-state index in [4.69, 9.17) is 14.8 Å². The number of aromatic nitrogens is 3. The maximum Gasteiger partial charge on any atom is 0.335 e. The lowest BCUT2D eigenvalue weighted by molar-refractivity contribution is 0.0697. The highest BCUT2D eigenvalue weighted by Crippen LogP contribution is 2.34. The van der Waals surface area contributed by atoms with E-state index in [9.17, 15) is 4.79 Å². The number of hydrogen-bond donors (Lipinski definition) is 1. The number of fused-ring (bicyclic) bond motifs is 1. The van der Waals surface area contributed by atoms with Crippen LogP contribution in [0.25, 0.3) is 39.0 Å². The Morgan fingerprint density at radius 2 is 1.62 bits per heavy atom. The summed E-state index contributed by atoms with van der Waals surface area (Å²) in [7, 11) is 1.65. The highest BCUT2D eigenvalue weighted by molar-refractivity contribution is 5.97. The molecule has 0 bridgehead atoms. The van der Waals surface area contributed by atoms with Crippen molar-refractivity contribution in [3.05, 3.63) is 97.1 Å². The van der Waals surface area contributed by atoms with Gasteiger partial charge in [0.25, 0.3) is 0 Å². The van der Waals surface area contributed by atoms with Gasteiger partial charge in [-0.15, -0.1) is 0 Å². The molecule has 0 spiro atoms. The van der Waals surface area contributed by atoms with Gasteiger partial charge in [0.05, 0.1) is 12.7 Å². The molecule has 0 aliphatic rings. The van der Waals surface area contributed by atoms with Gasteiger partial charge in [0, 0.05) is 47.0 Å². The third-order valence-corrected chi connectivity index (χ3v) is 5.45. The van der Waals surface area contributed by atoms with Gasteiger partial charge >= 0.3 is 5.97 Å². The van der Waals surface area contributed by atoms with Crippen molar-refractivity contribution in [1.29, 1.82) is 0 Å². The predicted molar refractivity (Wildman–Crippen MR) is 123 cm³/mol. The van der Waals surface area contributed by atoms with Crippen molar-refractivity contribution in [2.45, 2.75) is 0 Å². The number of aromatic carboxylic acids is 1. The van der Waals surface area contributed by atoms with E-state index in [1.807, 2.05) is 42.6 Å². The standard InChI is InChI=1S/C26H19N3O3/c1-32-22-8-6-21(7-9-22)29-16-24(18-10-12-27-13-11-18)23-14-20(15-28-25(23)29)17-2-4-19(5-3-17)26(30)31/h2-16H,1H3,(H,30,31). The van der Waals surface area contributed by atoms with Crippen LogP contribution in [0.15, 0.2) is 91.5 Å².